The van der Waals surface area contributed by atoms with Crippen molar-refractivity contribution in [3.8, 4) is 11.4 Å². The number of carbonyl (C=O) groups excluding carboxylic acids is 1. The Hall–Kier alpha value is -2.73. The number of hydrogen-bond acceptors (Lipinski definition) is 4. The van der Waals surface area contributed by atoms with Gasteiger partial charge in [-0.3, -0.25) is 4.79 Å². The van der Waals surface area contributed by atoms with Gasteiger partial charge in [0.05, 0.1) is 22.9 Å². The van der Waals surface area contributed by atoms with E-state index in [0.717, 1.165) is 16.8 Å². The molecule has 1 amide bonds. The second-order valence-electron chi connectivity index (χ2n) is 5.53. The number of benzene rings is 2. The van der Waals surface area contributed by atoms with E-state index in [1.165, 1.54) is 11.8 Å². The SMILES string of the molecule is O=C1CSC(c2cccc(O)c2)c2cnn(-c3ccccc3)c2N1. The molecule has 0 saturated heterocycles. The maximum absolute atomic E-state index is 12.1. The Bertz CT molecular complexity index is 892. The summed E-state index contributed by atoms with van der Waals surface area (Å²) in [4.78, 5) is 12.1. The number of carbonyl (C=O) groups is 1. The first-order valence-corrected chi connectivity index (χ1v) is 8.61. The molecule has 2 N–H and O–H groups in total. The highest BCUT2D eigenvalue weighted by Crippen LogP contribution is 2.42. The molecule has 6 heteroatoms. The molecule has 1 aliphatic rings. The Labute approximate surface area is 143 Å². The second-order valence-corrected chi connectivity index (χ2v) is 6.62. The summed E-state index contributed by atoms with van der Waals surface area (Å²) >= 11 is 1.53. The first-order valence-electron chi connectivity index (χ1n) is 7.56. The lowest BCUT2D eigenvalue weighted by atomic mass is 10.1. The monoisotopic (exact) mass is 337 g/mol. The van der Waals surface area contributed by atoms with Gasteiger partial charge >= 0.3 is 0 Å². The smallest absolute Gasteiger partial charge is 0.235 e. The number of thioether (sulfide) groups is 1. The van der Waals surface area contributed by atoms with Crippen molar-refractivity contribution in [2.75, 3.05) is 11.1 Å². The maximum atomic E-state index is 12.1. The van der Waals surface area contributed by atoms with Gasteiger partial charge in [-0.1, -0.05) is 30.3 Å². The number of amides is 1. The molecule has 24 heavy (non-hydrogen) atoms. The first-order chi connectivity index (χ1) is 11.7. The summed E-state index contributed by atoms with van der Waals surface area (Å²) < 4.78 is 1.74. The van der Waals surface area contributed by atoms with Gasteiger partial charge in [0.1, 0.15) is 11.6 Å². The fourth-order valence-electron chi connectivity index (χ4n) is 2.82. The Kier molecular flexibility index (Phi) is 3.74. The van der Waals surface area contributed by atoms with Gasteiger partial charge in [0.15, 0.2) is 0 Å². The van der Waals surface area contributed by atoms with Crippen LogP contribution < -0.4 is 5.32 Å². The predicted octanol–water partition coefficient (Wildman–Crippen LogP) is 3.35. The van der Waals surface area contributed by atoms with Gasteiger partial charge < -0.3 is 10.4 Å². The summed E-state index contributed by atoms with van der Waals surface area (Å²) in [6.07, 6.45) is 1.79. The van der Waals surface area contributed by atoms with Crippen molar-refractivity contribution in [1.29, 1.82) is 0 Å². The van der Waals surface area contributed by atoms with E-state index in [4.69, 9.17) is 0 Å². The molecule has 1 aliphatic heterocycles. The Morgan fingerprint density at radius 3 is 2.79 bits per heavy atom. The molecule has 0 aliphatic carbocycles. The van der Waals surface area contributed by atoms with E-state index in [1.54, 1.807) is 23.0 Å². The Morgan fingerprint density at radius 1 is 1.17 bits per heavy atom. The van der Waals surface area contributed by atoms with Crippen molar-refractivity contribution in [1.82, 2.24) is 9.78 Å². The number of fused-ring (bicyclic) bond motifs is 1. The van der Waals surface area contributed by atoms with E-state index in [0.29, 0.717) is 11.6 Å². The van der Waals surface area contributed by atoms with Crippen molar-refractivity contribution in [3.05, 3.63) is 71.9 Å². The quantitative estimate of drug-likeness (QED) is 0.752. The zero-order valence-corrected chi connectivity index (χ0v) is 13.5. The number of nitrogens with one attached hydrogen (secondary N) is 1. The van der Waals surface area contributed by atoms with Crippen LogP contribution in [0.4, 0.5) is 5.82 Å². The van der Waals surface area contributed by atoms with Crippen LogP contribution in [-0.2, 0) is 4.79 Å². The molecule has 1 atom stereocenters. The van der Waals surface area contributed by atoms with Crippen LogP contribution in [0, 0.1) is 0 Å². The predicted molar refractivity (Wildman–Crippen MR) is 94.6 cm³/mol. The zero-order valence-electron chi connectivity index (χ0n) is 12.7. The minimum absolute atomic E-state index is 0.0541. The molecule has 1 aromatic heterocycles. The maximum Gasteiger partial charge on any atom is 0.235 e. The molecule has 0 spiro atoms. The van der Waals surface area contributed by atoms with Crippen molar-refractivity contribution in [3.63, 3.8) is 0 Å². The molecule has 1 unspecified atom stereocenters. The summed E-state index contributed by atoms with van der Waals surface area (Å²) in [5.74, 6) is 1.20. The number of para-hydroxylation sites is 1. The number of phenols is 1. The normalized spacial score (nSPS) is 17.0. The van der Waals surface area contributed by atoms with Crippen LogP contribution in [-0.4, -0.2) is 26.5 Å². The van der Waals surface area contributed by atoms with Gasteiger partial charge in [0.25, 0.3) is 0 Å². The fourth-order valence-corrected chi connectivity index (χ4v) is 3.90. The van der Waals surface area contributed by atoms with E-state index in [-0.39, 0.29) is 16.9 Å². The summed E-state index contributed by atoms with van der Waals surface area (Å²) in [5, 5.41) is 17.1. The zero-order chi connectivity index (χ0) is 16.5. The highest BCUT2D eigenvalue weighted by atomic mass is 32.2. The minimum Gasteiger partial charge on any atom is -0.508 e. The van der Waals surface area contributed by atoms with Crippen LogP contribution in [0.5, 0.6) is 5.75 Å². The fraction of sp³-hybridized carbons (Fsp3) is 0.111. The third-order valence-electron chi connectivity index (χ3n) is 3.89. The van der Waals surface area contributed by atoms with Crippen LogP contribution in [0.2, 0.25) is 0 Å². The summed E-state index contributed by atoms with van der Waals surface area (Å²) in [5.41, 5.74) is 2.77. The molecule has 2 heterocycles. The van der Waals surface area contributed by atoms with Gasteiger partial charge in [-0.2, -0.15) is 5.10 Å². The molecule has 4 rings (SSSR count). The molecular weight excluding hydrogens is 322 g/mol. The van der Waals surface area contributed by atoms with Gasteiger partial charge in [0, 0.05) is 5.56 Å². The van der Waals surface area contributed by atoms with E-state index in [9.17, 15) is 9.90 Å². The van der Waals surface area contributed by atoms with Gasteiger partial charge in [-0.15, -0.1) is 11.8 Å². The number of aromatic hydroxyl groups is 1. The number of hydrogen-bond donors (Lipinski definition) is 2. The average molecular weight is 337 g/mol. The lowest BCUT2D eigenvalue weighted by Crippen LogP contribution is -2.15. The van der Waals surface area contributed by atoms with Crippen LogP contribution in [0.25, 0.3) is 5.69 Å². The molecular formula is C18H15N3O2S. The van der Waals surface area contributed by atoms with Crippen molar-refractivity contribution >= 4 is 23.5 Å². The first kappa shape index (κ1) is 14.8. The largest absolute Gasteiger partial charge is 0.508 e. The number of anilines is 1. The third-order valence-corrected chi connectivity index (χ3v) is 5.18. The standard InChI is InChI=1S/C18H15N3O2S/c22-14-8-4-5-12(9-14)17-15-10-19-21(13-6-2-1-3-7-13)18(15)20-16(23)11-24-17/h1-10,17,22H,11H2,(H,20,23). The van der Waals surface area contributed by atoms with Crippen LogP contribution in [0.1, 0.15) is 16.4 Å². The Balaban J connectivity index is 1.84. The average Bonchev–Trinajstić information content (AvgIpc) is 2.92. The molecule has 0 bridgehead atoms. The lowest BCUT2D eigenvalue weighted by molar-refractivity contribution is -0.113. The Morgan fingerprint density at radius 2 is 2.00 bits per heavy atom. The molecule has 120 valence electrons. The van der Waals surface area contributed by atoms with Crippen molar-refractivity contribution < 1.29 is 9.90 Å². The molecule has 0 saturated carbocycles. The molecule has 0 fully saturated rings. The summed E-state index contributed by atoms with van der Waals surface area (Å²) in [7, 11) is 0. The van der Waals surface area contributed by atoms with E-state index >= 15 is 0 Å². The van der Waals surface area contributed by atoms with E-state index < -0.39 is 0 Å². The van der Waals surface area contributed by atoms with E-state index in [2.05, 4.69) is 10.4 Å². The molecule has 0 radical (unpaired) electrons. The minimum atomic E-state index is -0.0662. The van der Waals surface area contributed by atoms with E-state index in [1.807, 2.05) is 42.5 Å². The number of nitrogens with zero attached hydrogens (tertiary/aromatic N) is 2. The molecule has 2 aromatic carbocycles. The van der Waals surface area contributed by atoms with Crippen LogP contribution in [0.3, 0.4) is 0 Å². The summed E-state index contributed by atoms with van der Waals surface area (Å²) in [6.45, 7) is 0. The van der Waals surface area contributed by atoms with Gasteiger partial charge in [0.2, 0.25) is 5.91 Å². The summed E-state index contributed by atoms with van der Waals surface area (Å²) in [6, 6.07) is 16.8. The van der Waals surface area contributed by atoms with Gasteiger partial charge in [-0.05, 0) is 29.8 Å². The van der Waals surface area contributed by atoms with Gasteiger partial charge in [-0.25, -0.2) is 4.68 Å². The van der Waals surface area contributed by atoms with Crippen molar-refractivity contribution in [2.24, 2.45) is 0 Å². The second kappa shape index (κ2) is 6.05. The number of phenolic OH excluding ortho intramolecular Hbond substituents is 1. The molecule has 3 aromatic rings. The highest BCUT2D eigenvalue weighted by molar-refractivity contribution is 8.00. The van der Waals surface area contributed by atoms with Crippen LogP contribution in [0.15, 0.2) is 60.8 Å². The highest BCUT2D eigenvalue weighted by Gasteiger charge is 2.28. The van der Waals surface area contributed by atoms with Crippen molar-refractivity contribution in [2.45, 2.75) is 5.25 Å². The number of rotatable bonds is 2. The van der Waals surface area contributed by atoms with Crippen LogP contribution >= 0.6 is 11.8 Å². The topological polar surface area (TPSA) is 67.1 Å². The molecule has 5 nitrogen and oxygen atoms in total. The third kappa shape index (κ3) is 2.65. The lowest BCUT2D eigenvalue weighted by Gasteiger charge is -2.14. The number of aromatic nitrogens is 2.